The van der Waals surface area contributed by atoms with Crippen LogP contribution in [0.2, 0.25) is 0 Å². The Morgan fingerprint density at radius 3 is 2.65 bits per heavy atom. The monoisotopic (exact) mass is 456 g/mol. The van der Waals surface area contributed by atoms with Crippen LogP contribution >= 0.6 is 0 Å². The molecule has 8 heteroatoms. The van der Waals surface area contributed by atoms with E-state index in [4.69, 9.17) is 9.72 Å². The predicted molar refractivity (Wildman–Crippen MR) is 133 cm³/mol. The number of halogens is 1. The van der Waals surface area contributed by atoms with Crippen molar-refractivity contribution >= 4 is 27.6 Å². The number of ether oxygens (including phenoxy) is 1. The molecule has 0 radical (unpaired) electrons. The zero-order valence-corrected chi connectivity index (χ0v) is 19.1. The summed E-state index contributed by atoms with van der Waals surface area (Å²) in [6, 6.07) is 16.8. The molecular formula is C26H25FN6O. The number of H-pyrrole nitrogens is 2. The summed E-state index contributed by atoms with van der Waals surface area (Å²) in [6.45, 7) is 4.05. The van der Waals surface area contributed by atoms with Crippen molar-refractivity contribution in [2.45, 2.75) is 0 Å². The first-order valence-electron chi connectivity index (χ1n) is 11.4. The zero-order valence-electron chi connectivity index (χ0n) is 19.1. The quantitative estimate of drug-likeness (QED) is 0.411. The van der Waals surface area contributed by atoms with Gasteiger partial charge in [0.05, 0.1) is 23.8 Å². The highest BCUT2D eigenvalue weighted by Gasteiger charge is 2.20. The van der Waals surface area contributed by atoms with Crippen LogP contribution in [0.1, 0.15) is 0 Å². The molecule has 0 bridgehead atoms. The number of aromatic nitrogens is 4. The Balaban J connectivity index is 1.39. The summed E-state index contributed by atoms with van der Waals surface area (Å²) in [6.07, 6.45) is 0. The summed E-state index contributed by atoms with van der Waals surface area (Å²) < 4.78 is 19.0. The largest absolute Gasteiger partial charge is 0.496 e. The molecule has 172 valence electrons. The van der Waals surface area contributed by atoms with E-state index in [1.165, 1.54) is 12.1 Å². The molecule has 2 N–H and O–H groups in total. The molecule has 5 aromatic rings. The fourth-order valence-corrected chi connectivity index (χ4v) is 4.70. The normalized spacial score (nSPS) is 14.9. The number of anilines is 1. The van der Waals surface area contributed by atoms with E-state index in [1.54, 1.807) is 13.2 Å². The van der Waals surface area contributed by atoms with Crippen molar-refractivity contribution in [1.82, 2.24) is 25.1 Å². The summed E-state index contributed by atoms with van der Waals surface area (Å²) in [5.41, 5.74) is 6.50. The van der Waals surface area contributed by atoms with E-state index in [-0.39, 0.29) is 5.82 Å². The minimum absolute atomic E-state index is 0.327. The zero-order chi connectivity index (χ0) is 23.2. The van der Waals surface area contributed by atoms with Gasteiger partial charge in [-0.25, -0.2) is 9.37 Å². The van der Waals surface area contributed by atoms with Crippen molar-refractivity contribution < 1.29 is 9.13 Å². The lowest BCUT2D eigenvalue weighted by Crippen LogP contribution is -2.44. The number of aromatic amines is 2. The molecule has 1 aliphatic rings. The summed E-state index contributed by atoms with van der Waals surface area (Å²) in [5, 5.41) is 8.67. The summed E-state index contributed by atoms with van der Waals surface area (Å²) >= 11 is 0. The number of rotatable bonds is 4. The minimum atomic E-state index is -0.327. The molecule has 0 spiro atoms. The summed E-state index contributed by atoms with van der Waals surface area (Å²) in [5.74, 6) is 0.897. The first kappa shape index (κ1) is 20.7. The van der Waals surface area contributed by atoms with Gasteiger partial charge in [-0.3, -0.25) is 5.10 Å². The maximum atomic E-state index is 13.6. The van der Waals surface area contributed by atoms with Gasteiger partial charge < -0.3 is 19.5 Å². The van der Waals surface area contributed by atoms with Gasteiger partial charge in [-0.05, 0) is 49.0 Å². The van der Waals surface area contributed by atoms with Crippen molar-refractivity contribution in [2.75, 3.05) is 45.2 Å². The van der Waals surface area contributed by atoms with E-state index >= 15 is 0 Å². The van der Waals surface area contributed by atoms with E-state index in [2.05, 4.69) is 50.2 Å². The molecule has 0 aliphatic carbocycles. The van der Waals surface area contributed by atoms with Crippen LogP contribution in [0.15, 0.2) is 54.6 Å². The van der Waals surface area contributed by atoms with Crippen molar-refractivity contribution in [1.29, 1.82) is 0 Å². The lowest BCUT2D eigenvalue weighted by molar-refractivity contribution is 0.313. The van der Waals surface area contributed by atoms with Crippen molar-refractivity contribution in [3.8, 4) is 28.4 Å². The number of fused-ring (bicyclic) bond motifs is 2. The predicted octanol–water partition coefficient (Wildman–Crippen LogP) is 4.67. The molecule has 1 saturated heterocycles. The highest BCUT2D eigenvalue weighted by atomic mass is 19.1. The van der Waals surface area contributed by atoms with Crippen LogP contribution in [-0.4, -0.2) is 65.4 Å². The second-order valence-corrected chi connectivity index (χ2v) is 8.73. The highest BCUT2D eigenvalue weighted by Crippen LogP contribution is 2.35. The van der Waals surface area contributed by atoms with Gasteiger partial charge in [0.25, 0.3) is 0 Å². The number of para-hydroxylation sites is 1. The number of piperazine rings is 1. The van der Waals surface area contributed by atoms with Gasteiger partial charge in [-0.1, -0.05) is 12.1 Å². The van der Waals surface area contributed by atoms with Crippen LogP contribution in [0.25, 0.3) is 44.6 Å². The molecule has 3 heterocycles. The fourth-order valence-electron chi connectivity index (χ4n) is 4.70. The van der Waals surface area contributed by atoms with Crippen molar-refractivity contribution in [2.24, 2.45) is 0 Å². The van der Waals surface area contributed by atoms with Gasteiger partial charge in [-0.15, -0.1) is 0 Å². The second kappa shape index (κ2) is 8.14. The molecule has 0 saturated carbocycles. The lowest BCUT2D eigenvalue weighted by Gasteiger charge is -2.34. The van der Waals surface area contributed by atoms with Crippen LogP contribution in [0.5, 0.6) is 5.75 Å². The van der Waals surface area contributed by atoms with Crippen LogP contribution in [-0.2, 0) is 0 Å². The van der Waals surface area contributed by atoms with E-state index in [0.29, 0.717) is 5.75 Å². The first-order valence-corrected chi connectivity index (χ1v) is 11.4. The first-order chi connectivity index (χ1) is 16.6. The van der Waals surface area contributed by atoms with Gasteiger partial charge in [0.1, 0.15) is 22.8 Å². The molecule has 1 aliphatic heterocycles. The van der Waals surface area contributed by atoms with Crippen molar-refractivity contribution in [3.63, 3.8) is 0 Å². The fraction of sp³-hybridized carbons (Fsp3) is 0.231. The van der Waals surface area contributed by atoms with E-state index in [1.807, 2.05) is 18.2 Å². The van der Waals surface area contributed by atoms with E-state index < -0.39 is 0 Å². The molecule has 0 atom stereocenters. The topological polar surface area (TPSA) is 73.1 Å². The van der Waals surface area contributed by atoms with Crippen molar-refractivity contribution in [3.05, 3.63) is 60.4 Å². The second-order valence-electron chi connectivity index (χ2n) is 8.73. The molecule has 6 rings (SSSR count). The number of hydrogen-bond acceptors (Lipinski definition) is 5. The molecule has 1 fully saturated rings. The number of imidazole rings is 1. The average molecular weight is 457 g/mol. The molecular weight excluding hydrogens is 431 g/mol. The number of benzene rings is 3. The standard InChI is InChI=1S/C26H25FN6O/c1-32-10-12-33(13-11-32)22-5-3-4-20-25(22)29-26(28-20)24-19-8-6-16(14-21(19)30-31-24)18-9-7-17(27)15-23(18)34-2/h3-9,14-15H,10-13H2,1-2H3,(H,28,29)(H,30,31). The number of methoxy groups -OCH3 is 1. The maximum absolute atomic E-state index is 13.6. The average Bonchev–Trinajstić information content (AvgIpc) is 3.48. The SMILES string of the molecule is COc1cc(F)ccc1-c1ccc2c(-c3nc4c(N5CCN(C)CC5)cccc4[nH]3)n[nH]c2c1. The smallest absolute Gasteiger partial charge is 0.159 e. The Morgan fingerprint density at radius 2 is 1.82 bits per heavy atom. The Labute approximate surface area is 196 Å². The van der Waals surface area contributed by atoms with Gasteiger partial charge in [0, 0.05) is 43.2 Å². The van der Waals surface area contributed by atoms with E-state index in [9.17, 15) is 4.39 Å². The van der Waals surface area contributed by atoms with Gasteiger partial charge in [-0.2, -0.15) is 5.10 Å². The molecule has 34 heavy (non-hydrogen) atoms. The third kappa shape index (κ3) is 3.47. The van der Waals surface area contributed by atoms with Crippen LogP contribution in [0, 0.1) is 5.82 Å². The van der Waals surface area contributed by atoms with Gasteiger partial charge >= 0.3 is 0 Å². The third-order valence-corrected chi connectivity index (χ3v) is 6.60. The summed E-state index contributed by atoms with van der Waals surface area (Å²) in [4.78, 5) is 13.2. The Hall–Kier alpha value is -3.91. The van der Waals surface area contributed by atoms with E-state index in [0.717, 1.165) is 76.4 Å². The van der Waals surface area contributed by atoms with Crippen LogP contribution in [0.3, 0.4) is 0 Å². The number of nitrogens with one attached hydrogen (secondary N) is 2. The Kier molecular flexibility index (Phi) is 4.95. The number of likely N-dealkylation sites (N-methyl/N-ethyl adjacent to an activating group) is 1. The Bertz CT molecular complexity index is 1500. The molecule has 3 aromatic carbocycles. The highest BCUT2D eigenvalue weighted by molar-refractivity contribution is 5.97. The third-order valence-electron chi connectivity index (χ3n) is 6.60. The van der Waals surface area contributed by atoms with Crippen LogP contribution < -0.4 is 9.64 Å². The van der Waals surface area contributed by atoms with Gasteiger partial charge in [0.2, 0.25) is 0 Å². The van der Waals surface area contributed by atoms with Crippen LogP contribution in [0.4, 0.5) is 10.1 Å². The lowest BCUT2D eigenvalue weighted by atomic mass is 10.0. The van der Waals surface area contributed by atoms with Gasteiger partial charge in [0.15, 0.2) is 5.82 Å². The Morgan fingerprint density at radius 1 is 0.971 bits per heavy atom. The molecule has 2 aromatic heterocycles. The number of nitrogens with zero attached hydrogens (tertiary/aromatic N) is 4. The molecule has 0 amide bonds. The summed E-state index contributed by atoms with van der Waals surface area (Å²) in [7, 11) is 3.70. The molecule has 7 nitrogen and oxygen atoms in total. The molecule has 0 unspecified atom stereocenters. The maximum Gasteiger partial charge on any atom is 0.159 e. The number of hydrogen-bond donors (Lipinski definition) is 2. The minimum Gasteiger partial charge on any atom is -0.496 e.